The zero-order valence-electron chi connectivity index (χ0n) is 13.2. The number of non-ortho nitro benzene ring substituents is 1. The van der Waals surface area contributed by atoms with Crippen molar-refractivity contribution in [1.29, 1.82) is 0 Å². The number of nitro benzene ring substituents is 1. The Kier molecular flexibility index (Phi) is 6.13. The van der Waals surface area contributed by atoms with Gasteiger partial charge in [0.2, 0.25) is 0 Å². The van der Waals surface area contributed by atoms with Gasteiger partial charge in [-0.2, -0.15) is 0 Å². The molecule has 0 saturated heterocycles. The lowest BCUT2D eigenvalue weighted by Gasteiger charge is -2.25. The fraction of sp³-hybridized carbons (Fsp3) is 0.250. The summed E-state index contributed by atoms with van der Waals surface area (Å²) in [6, 6.07) is 13.4. The highest BCUT2D eigenvalue weighted by Gasteiger charge is 2.35. The van der Waals surface area contributed by atoms with Gasteiger partial charge in [0, 0.05) is 26.4 Å². The number of benzene rings is 2. The Morgan fingerprint density at radius 3 is 2.29 bits per heavy atom. The average molecular weight is 370 g/mol. The van der Waals surface area contributed by atoms with Crippen molar-refractivity contribution in [2.45, 2.75) is 12.1 Å². The SMILES string of the molecule is COP(=O)(OC)C(Cc1ccc([N+](=O)[O-])cc1Cl)c1ccccc1. The van der Waals surface area contributed by atoms with E-state index in [1.165, 1.54) is 26.4 Å². The number of nitro groups is 1. The van der Waals surface area contributed by atoms with Crippen LogP contribution < -0.4 is 0 Å². The molecular weight excluding hydrogens is 353 g/mol. The highest BCUT2D eigenvalue weighted by molar-refractivity contribution is 7.54. The summed E-state index contributed by atoms with van der Waals surface area (Å²) in [7, 11) is -0.760. The maximum absolute atomic E-state index is 12.9. The Balaban J connectivity index is 2.43. The second kappa shape index (κ2) is 7.90. The average Bonchev–Trinajstić information content (AvgIpc) is 2.60. The quantitative estimate of drug-likeness (QED) is 0.389. The first kappa shape index (κ1) is 18.6. The predicted octanol–water partition coefficient (Wildman–Crippen LogP) is 5.02. The van der Waals surface area contributed by atoms with Gasteiger partial charge in [0.25, 0.3) is 5.69 Å². The summed E-state index contributed by atoms with van der Waals surface area (Å²) in [5.74, 6) is 0. The van der Waals surface area contributed by atoms with Crippen LogP contribution in [0.1, 0.15) is 16.8 Å². The molecule has 0 bridgehead atoms. The van der Waals surface area contributed by atoms with Crippen molar-refractivity contribution < 1.29 is 18.5 Å². The zero-order chi connectivity index (χ0) is 17.7. The van der Waals surface area contributed by atoms with E-state index in [2.05, 4.69) is 0 Å². The molecule has 2 aromatic carbocycles. The first-order valence-electron chi connectivity index (χ1n) is 7.10. The van der Waals surface area contributed by atoms with Crippen molar-refractivity contribution in [3.8, 4) is 0 Å². The molecule has 0 aliphatic rings. The van der Waals surface area contributed by atoms with Gasteiger partial charge in [-0.3, -0.25) is 14.7 Å². The van der Waals surface area contributed by atoms with Crippen LogP contribution in [0.15, 0.2) is 48.5 Å². The van der Waals surface area contributed by atoms with Crippen LogP contribution >= 0.6 is 19.2 Å². The summed E-state index contributed by atoms with van der Waals surface area (Å²) in [6.07, 6.45) is 0.264. The summed E-state index contributed by atoms with van der Waals surface area (Å²) < 4.78 is 23.3. The molecule has 0 spiro atoms. The van der Waals surface area contributed by atoms with Gasteiger partial charge in [-0.05, 0) is 17.5 Å². The van der Waals surface area contributed by atoms with Gasteiger partial charge in [0.15, 0.2) is 0 Å². The van der Waals surface area contributed by atoms with E-state index in [1.807, 2.05) is 30.3 Å². The first-order valence-corrected chi connectivity index (χ1v) is 9.09. The molecule has 0 aliphatic heterocycles. The smallest absolute Gasteiger partial charge is 0.312 e. The number of nitrogens with zero attached hydrogens (tertiary/aromatic N) is 1. The minimum Gasteiger partial charge on any atom is -0.312 e. The molecule has 2 aromatic rings. The maximum atomic E-state index is 12.9. The van der Waals surface area contributed by atoms with Crippen LogP contribution in [-0.4, -0.2) is 19.1 Å². The number of hydrogen-bond acceptors (Lipinski definition) is 5. The van der Waals surface area contributed by atoms with Crippen molar-refractivity contribution in [1.82, 2.24) is 0 Å². The first-order chi connectivity index (χ1) is 11.4. The van der Waals surface area contributed by atoms with E-state index in [1.54, 1.807) is 6.07 Å². The van der Waals surface area contributed by atoms with Crippen LogP contribution in [0.25, 0.3) is 0 Å². The molecule has 2 rings (SSSR count). The van der Waals surface area contributed by atoms with Crippen molar-refractivity contribution in [3.63, 3.8) is 0 Å². The second-order valence-corrected chi connectivity index (χ2v) is 7.91. The van der Waals surface area contributed by atoms with Gasteiger partial charge in [-0.1, -0.05) is 48.0 Å². The van der Waals surface area contributed by atoms with E-state index in [0.29, 0.717) is 5.56 Å². The summed E-state index contributed by atoms with van der Waals surface area (Å²) in [5, 5.41) is 11.1. The predicted molar refractivity (Wildman–Crippen MR) is 92.6 cm³/mol. The molecule has 8 heteroatoms. The van der Waals surface area contributed by atoms with Crippen molar-refractivity contribution in [2.24, 2.45) is 0 Å². The van der Waals surface area contributed by atoms with E-state index in [0.717, 1.165) is 5.56 Å². The van der Waals surface area contributed by atoms with Crippen molar-refractivity contribution in [2.75, 3.05) is 14.2 Å². The summed E-state index contributed by atoms with van der Waals surface area (Å²) >= 11 is 6.17. The van der Waals surface area contributed by atoms with Crippen LogP contribution in [0.5, 0.6) is 0 Å². The second-order valence-electron chi connectivity index (χ2n) is 5.07. The lowest BCUT2D eigenvalue weighted by atomic mass is 10.0. The Bertz CT molecular complexity index is 760. The van der Waals surface area contributed by atoms with Crippen LogP contribution in [0.4, 0.5) is 5.69 Å². The molecule has 0 amide bonds. The molecule has 6 nitrogen and oxygen atoms in total. The molecule has 128 valence electrons. The highest BCUT2D eigenvalue weighted by Crippen LogP contribution is 2.61. The Morgan fingerprint density at radius 1 is 1.17 bits per heavy atom. The molecule has 24 heavy (non-hydrogen) atoms. The topological polar surface area (TPSA) is 78.7 Å². The van der Waals surface area contributed by atoms with Gasteiger partial charge in [-0.25, -0.2) is 0 Å². The third-order valence-electron chi connectivity index (χ3n) is 3.74. The van der Waals surface area contributed by atoms with Gasteiger partial charge < -0.3 is 9.05 Å². The third kappa shape index (κ3) is 4.02. The largest absolute Gasteiger partial charge is 0.337 e. The molecule has 0 N–H and O–H groups in total. The van der Waals surface area contributed by atoms with Crippen LogP contribution in [0.2, 0.25) is 5.02 Å². The fourth-order valence-electron chi connectivity index (χ4n) is 2.44. The lowest BCUT2D eigenvalue weighted by Crippen LogP contribution is -2.08. The van der Waals surface area contributed by atoms with E-state index in [-0.39, 0.29) is 17.1 Å². The van der Waals surface area contributed by atoms with Crippen LogP contribution in [0, 0.1) is 10.1 Å². The zero-order valence-corrected chi connectivity index (χ0v) is 14.9. The third-order valence-corrected chi connectivity index (χ3v) is 6.35. The van der Waals surface area contributed by atoms with E-state index in [9.17, 15) is 14.7 Å². The molecule has 0 aromatic heterocycles. The van der Waals surface area contributed by atoms with E-state index in [4.69, 9.17) is 20.6 Å². The monoisotopic (exact) mass is 369 g/mol. The van der Waals surface area contributed by atoms with Gasteiger partial charge in [-0.15, -0.1) is 0 Å². The lowest BCUT2D eigenvalue weighted by molar-refractivity contribution is -0.384. The normalized spacial score (nSPS) is 12.8. The maximum Gasteiger partial charge on any atom is 0.337 e. The minimum atomic E-state index is -3.42. The van der Waals surface area contributed by atoms with Crippen LogP contribution in [-0.2, 0) is 20.0 Å². The molecule has 0 aliphatic carbocycles. The van der Waals surface area contributed by atoms with E-state index >= 15 is 0 Å². The Labute approximate surface area is 145 Å². The van der Waals surface area contributed by atoms with Gasteiger partial charge in [0.05, 0.1) is 15.6 Å². The standard InChI is InChI=1S/C16H17ClNO5P/c1-22-24(21,23-2)16(12-6-4-3-5-7-12)10-13-8-9-14(18(19)20)11-15(13)17/h3-9,11,16H,10H2,1-2H3. The number of hydrogen-bond donors (Lipinski definition) is 0. The molecule has 0 radical (unpaired) electrons. The molecule has 0 heterocycles. The molecule has 1 atom stereocenters. The summed E-state index contributed by atoms with van der Waals surface area (Å²) in [4.78, 5) is 10.3. The Morgan fingerprint density at radius 2 is 1.79 bits per heavy atom. The molecule has 1 unspecified atom stereocenters. The van der Waals surface area contributed by atoms with Gasteiger partial charge in [0.1, 0.15) is 0 Å². The van der Waals surface area contributed by atoms with Crippen molar-refractivity contribution >= 4 is 24.9 Å². The van der Waals surface area contributed by atoms with E-state index < -0.39 is 18.2 Å². The van der Waals surface area contributed by atoms with Crippen molar-refractivity contribution in [3.05, 3.63) is 74.8 Å². The highest BCUT2D eigenvalue weighted by atomic mass is 35.5. The minimum absolute atomic E-state index is 0.0957. The summed E-state index contributed by atoms with van der Waals surface area (Å²) in [6.45, 7) is 0. The molecular formula is C16H17ClNO5P. The van der Waals surface area contributed by atoms with Gasteiger partial charge >= 0.3 is 7.60 Å². The number of halogens is 1. The summed E-state index contributed by atoms with van der Waals surface area (Å²) in [5.41, 5.74) is 0.735. The Hall–Kier alpha value is -1.72. The molecule has 0 saturated carbocycles. The van der Waals surface area contributed by atoms with Crippen LogP contribution in [0.3, 0.4) is 0 Å². The number of rotatable bonds is 7. The fourth-order valence-corrected chi connectivity index (χ4v) is 4.31. The molecule has 0 fully saturated rings.